The van der Waals surface area contributed by atoms with E-state index in [1.54, 1.807) is 36.4 Å². The Labute approximate surface area is 207 Å². The molecule has 0 heterocycles. The maximum absolute atomic E-state index is 13.4. The molecule has 0 aliphatic rings. The molecular formula is C24H24BrN3O5S. The molecule has 0 spiro atoms. The van der Waals surface area contributed by atoms with Crippen molar-refractivity contribution in [2.75, 3.05) is 18.0 Å². The van der Waals surface area contributed by atoms with Crippen LogP contribution in [0.5, 0.6) is 11.5 Å². The molecule has 10 heteroatoms. The molecule has 2 N–H and O–H groups in total. The van der Waals surface area contributed by atoms with Crippen molar-refractivity contribution in [1.82, 2.24) is 5.43 Å². The third-order valence-electron chi connectivity index (χ3n) is 5.07. The number of phenolic OH excluding ortho intramolecular Hbond substituents is 1. The molecule has 0 atom stereocenters. The Bertz CT molecular complexity index is 1330. The minimum absolute atomic E-state index is 0.0566. The summed E-state index contributed by atoms with van der Waals surface area (Å²) in [6, 6.07) is 16.3. The predicted octanol–water partition coefficient (Wildman–Crippen LogP) is 4.13. The number of methoxy groups -OCH3 is 1. The molecule has 3 aromatic rings. The maximum atomic E-state index is 13.4. The van der Waals surface area contributed by atoms with Crippen molar-refractivity contribution in [2.24, 2.45) is 5.10 Å². The molecule has 1 amide bonds. The van der Waals surface area contributed by atoms with Gasteiger partial charge in [0.05, 0.1) is 28.4 Å². The molecule has 0 aliphatic heterocycles. The summed E-state index contributed by atoms with van der Waals surface area (Å²) < 4.78 is 33.3. The standard InChI is InChI=1S/C24H24BrN3O5S/c1-16-9-10-19(11-17(16)2)28(34(31,32)20-7-5-4-6-8-20)15-23(29)27-26-14-18-12-21(25)24(30)22(13-18)33-3/h4-14,30H,15H2,1-3H3,(H,27,29)/b26-14-. The van der Waals surface area contributed by atoms with Crippen LogP contribution in [-0.4, -0.2) is 39.3 Å². The van der Waals surface area contributed by atoms with Gasteiger partial charge in [-0.15, -0.1) is 0 Å². The summed E-state index contributed by atoms with van der Waals surface area (Å²) in [5.41, 5.74) is 5.18. The van der Waals surface area contributed by atoms with E-state index < -0.39 is 22.5 Å². The average Bonchev–Trinajstić information content (AvgIpc) is 2.82. The number of hydrogen-bond donors (Lipinski definition) is 2. The monoisotopic (exact) mass is 545 g/mol. The highest BCUT2D eigenvalue weighted by molar-refractivity contribution is 9.10. The number of nitrogens with zero attached hydrogens (tertiary/aromatic N) is 2. The third-order valence-corrected chi connectivity index (χ3v) is 7.46. The Morgan fingerprint density at radius 2 is 1.82 bits per heavy atom. The topological polar surface area (TPSA) is 108 Å². The Kier molecular flexibility index (Phi) is 7.95. The van der Waals surface area contributed by atoms with Gasteiger partial charge in [0.15, 0.2) is 11.5 Å². The van der Waals surface area contributed by atoms with Gasteiger partial charge in [-0.25, -0.2) is 13.8 Å². The highest BCUT2D eigenvalue weighted by Gasteiger charge is 2.27. The van der Waals surface area contributed by atoms with E-state index in [4.69, 9.17) is 4.74 Å². The first-order chi connectivity index (χ1) is 16.1. The fourth-order valence-electron chi connectivity index (χ4n) is 3.08. The number of phenols is 1. The first kappa shape index (κ1) is 25.3. The number of benzene rings is 3. The normalized spacial score (nSPS) is 11.4. The van der Waals surface area contributed by atoms with Crippen LogP contribution in [0.2, 0.25) is 0 Å². The highest BCUT2D eigenvalue weighted by Crippen LogP contribution is 2.34. The van der Waals surface area contributed by atoms with E-state index in [0.29, 0.717) is 15.7 Å². The second-order valence-electron chi connectivity index (χ2n) is 7.44. The molecule has 8 nitrogen and oxygen atoms in total. The highest BCUT2D eigenvalue weighted by atomic mass is 79.9. The Hall–Kier alpha value is -3.37. The van der Waals surface area contributed by atoms with Crippen molar-refractivity contribution >= 4 is 43.8 Å². The smallest absolute Gasteiger partial charge is 0.264 e. The predicted molar refractivity (Wildman–Crippen MR) is 135 cm³/mol. The van der Waals surface area contributed by atoms with Gasteiger partial charge in [-0.3, -0.25) is 9.10 Å². The van der Waals surface area contributed by atoms with Gasteiger partial charge in [-0.05, 0) is 82.9 Å². The van der Waals surface area contributed by atoms with Crippen molar-refractivity contribution in [2.45, 2.75) is 18.7 Å². The molecule has 0 saturated carbocycles. The summed E-state index contributed by atoms with van der Waals surface area (Å²) in [4.78, 5) is 12.8. The molecule has 0 bridgehead atoms. The lowest BCUT2D eigenvalue weighted by atomic mass is 10.1. The van der Waals surface area contributed by atoms with Crippen molar-refractivity contribution in [3.05, 3.63) is 81.8 Å². The van der Waals surface area contributed by atoms with E-state index in [-0.39, 0.29) is 16.4 Å². The molecule has 0 saturated heterocycles. The Balaban J connectivity index is 1.85. The number of ether oxygens (including phenoxy) is 1. The number of aromatic hydroxyl groups is 1. The summed E-state index contributed by atoms with van der Waals surface area (Å²) in [5.74, 6) is -0.449. The van der Waals surface area contributed by atoms with Gasteiger partial charge < -0.3 is 9.84 Å². The summed E-state index contributed by atoms with van der Waals surface area (Å²) in [6.45, 7) is 3.33. The van der Waals surface area contributed by atoms with Gasteiger partial charge in [0.25, 0.3) is 15.9 Å². The fourth-order valence-corrected chi connectivity index (χ4v) is 4.98. The van der Waals surface area contributed by atoms with E-state index >= 15 is 0 Å². The minimum atomic E-state index is -4.01. The van der Waals surface area contributed by atoms with Crippen LogP contribution in [0.1, 0.15) is 16.7 Å². The zero-order valence-corrected chi connectivity index (χ0v) is 21.2. The van der Waals surface area contributed by atoms with Crippen LogP contribution in [0.3, 0.4) is 0 Å². The molecule has 34 heavy (non-hydrogen) atoms. The lowest BCUT2D eigenvalue weighted by Gasteiger charge is -2.24. The largest absolute Gasteiger partial charge is 0.503 e. The number of halogens is 1. The van der Waals surface area contributed by atoms with E-state index in [0.717, 1.165) is 15.4 Å². The lowest BCUT2D eigenvalue weighted by Crippen LogP contribution is -2.39. The number of anilines is 1. The van der Waals surface area contributed by atoms with Crippen LogP contribution in [0.4, 0.5) is 5.69 Å². The number of hydrazone groups is 1. The molecular weight excluding hydrogens is 522 g/mol. The molecule has 178 valence electrons. The Morgan fingerprint density at radius 1 is 1.12 bits per heavy atom. The first-order valence-electron chi connectivity index (χ1n) is 10.2. The van der Waals surface area contributed by atoms with Crippen molar-refractivity contribution in [1.29, 1.82) is 0 Å². The molecule has 0 fully saturated rings. The van der Waals surface area contributed by atoms with Crippen molar-refractivity contribution in [3.63, 3.8) is 0 Å². The van der Waals surface area contributed by atoms with Crippen LogP contribution in [0, 0.1) is 13.8 Å². The first-order valence-corrected chi connectivity index (χ1v) is 12.4. The fraction of sp³-hybridized carbons (Fsp3) is 0.167. The number of nitrogens with one attached hydrogen (secondary N) is 1. The van der Waals surface area contributed by atoms with E-state index in [1.165, 1.54) is 31.5 Å². The molecule has 0 aliphatic carbocycles. The zero-order chi connectivity index (χ0) is 24.9. The van der Waals surface area contributed by atoms with E-state index in [2.05, 4.69) is 26.5 Å². The van der Waals surface area contributed by atoms with E-state index in [1.807, 2.05) is 19.9 Å². The number of aryl methyl sites for hydroxylation is 2. The SMILES string of the molecule is COc1cc(/C=N\NC(=O)CN(c2ccc(C)c(C)c2)S(=O)(=O)c2ccccc2)cc(Br)c1O. The van der Waals surface area contributed by atoms with Crippen LogP contribution in [-0.2, 0) is 14.8 Å². The lowest BCUT2D eigenvalue weighted by molar-refractivity contribution is -0.119. The minimum Gasteiger partial charge on any atom is -0.503 e. The zero-order valence-electron chi connectivity index (χ0n) is 18.8. The van der Waals surface area contributed by atoms with Crippen LogP contribution < -0.4 is 14.5 Å². The summed E-state index contributed by atoms with van der Waals surface area (Å²) in [5, 5.41) is 13.8. The van der Waals surface area contributed by atoms with Crippen LogP contribution in [0.15, 0.2) is 75.1 Å². The van der Waals surface area contributed by atoms with Crippen molar-refractivity contribution in [3.8, 4) is 11.5 Å². The molecule has 0 unspecified atom stereocenters. The Morgan fingerprint density at radius 3 is 2.47 bits per heavy atom. The summed E-state index contributed by atoms with van der Waals surface area (Å²) >= 11 is 3.22. The van der Waals surface area contributed by atoms with Gasteiger partial charge in [0, 0.05) is 0 Å². The number of sulfonamides is 1. The summed E-state index contributed by atoms with van der Waals surface area (Å²) in [7, 11) is -2.59. The number of amides is 1. The van der Waals surface area contributed by atoms with Crippen LogP contribution >= 0.6 is 15.9 Å². The van der Waals surface area contributed by atoms with Crippen LogP contribution in [0.25, 0.3) is 0 Å². The second kappa shape index (κ2) is 10.7. The van der Waals surface area contributed by atoms with E-state index in [9.17, 15) is 18.3 Å². The van der Waals surface area contributed by atoms with Gasteiger partial charge in [-0.2, -0.15) is 5.10 Å². The number of carbonyl (C=O) groups excluding carboxylic acids is 1. The van der Waals surface area contributed by atoms with Gasteiger partial charge >= 0.3 is 0 Å². The summed E-state index contributed by atoms with van der Waals surface area (Å²) in [6.07, 6.45) is 1.36. The van der Waals surface area contributed by atoms with Gasteiger partial charge in [-0.1, -0.05) is 24.3 Å². The average molecular weight is 546 g/mol. The van der Waals surface area contributed by atoms with Crippen molar-refractivity contribution < 1.29 is 23.1 Å². The third kappa shape index (κ3) is 5.75. The number of carbonyl (C=O) groups is 1. The quantitative estimate of drug-likeness (QED) is 0.327. The molecule has 0 aromatic heterocycles. The second-order valence-corrected chi connectivity index (χ2v) is 10.2. The molecule has 0 radical (unpaired) electrons. The number of hydrogen-bond acceptors (Lipinski definition) is 6. The van der Waals surface area contributed by atoms with Gasteiger partial charge in [0.1, 0.15) is 6.54 Å². The number of rotatable bonds is 8. The molecule has 3 rings (SSSR count). The molecule has 3 aromatic carbocycles. The van der Waals surface area contributed by atoms with Gasteiger partial charge in [0.2, 0.25) is 0 Å². The maximum Gasteiger partial charge on any atom is 0.264 e.